The van der Waals surface area contributed by atoms with Crippen LogP contribution in [0.2, 0.25) is 0 Å². The van der Waals surface area contributed by atoms with Crippen molar-refractivity contribution in [3.63, 3.8) is 0 Å². The number of halogens is 2. The van der Waals surface area contributed by atoms with E-state index in [-0.39, 0.29) is 18.4 Å². The van der Waals surface area contributed by atoms with Gasteiger partial charge < -0.3 is 10.6 Å². The van der Waals surface area contributed by atoms with Crippen molar-refractivity contribution in [3.8, 4) is 0 Å². The highest BCUT2D eigenvalue weighted by molar-refractivity contribution is 9.10. The Balaban J connectivity index is 1.90. The van der Waals surface area contributed by atoms with Crippen LogP contribution in [0.25, 0.3) is 0 Å². The Morgan fingerprint density at radius 3 is 2.56 bits per heavy atom. The second-order valence-corrected chi connectivity index (χ2v) is 6.47. The van der Waals surface area contributed by atoms with E-state index in [0.717, 1.165) is 4.47 Å². The van der Waals surface area contributed by atoms with Crippen molar-refractivity contribution in [2.24, 2.45) is 0 Å². The lowest BCUT2D eigenvalue weighted by Crippen LogP contribution is -2.43. The highest BCUT2D eigenvalue weighted by atomic mass is 79.9. The summed E-state index contributed by atoms with van der Waals surface area (Å²) in [6, 6.07) is 12.4. The molecule has 0 aliphatic rings. The first-order valence-electron chi connectivity index (χ1n) is 7.68. The Morgan fingerprint density at radius 2 is 1.88 bits per heavy atom. The third kappa shape index (κ3) is 5.65. The van der Waals surface area contributed by atoms with Crippen molar-refractivity contribution in [2.45, 2.75) is 13.0 Å². The predicted molar refractivity (Wildman–Crippen MR) is 99.9 cm³/mol. The fourth-order valence-electron chi connectivity index (χ4n) is 2.13. The molecule has 0 radical (unpaired) electrons. The maximum atomic E-state index is 13.2. The van der Waals surface area contributed by atoms with Gasteiger partial charge in [0.05, 0.1) is 18.3 Å². The van der Waals surface area contributed by atoms with Gasteiger partial charge in [0.1, 0.15) is 5.82 Å². The summed E-state index contributed by atoms with van der Waals surface area (Å²) in [4.78, 5) is 26.0. The molecule has 5 nitrogen and oxygen atoms in total. The van der Waals surface area contributed by atoms with E-state index in [9.17, 15) is 14.0 Å². The van der Waals surface area contributed by atoms with Crippen LogP contribution < -0.4 is 10.6 Å². The molecule has 0 spiro atoms. The van der Waals surface area contributed by atoms with Crippen molar-refractivity contribution in [2.75, 3.05) is 24.2 Å². The van der Waals surface area contributed by atoms with Crippen LogP contribution in [0.1, 0.15) is 6.92 Å². The summed E-state index contributed by atoms with van der Waals surface area (Å²) in [7, 11) is 1.68. The summed E-state index contributed by atoms with van der Waals surface area (Å²) in [6.45, 7) is 1.72. The molecule has 2 amide bonds. The molecule has 0 saturated heterocycles. The number of likely N-dealkylation sites (N-methyl/N-ethyl adjacent to an activating group) is 1. The first kappa shape index (κ1) is 19.1. The Bertz CT molecular complexity index is 769. The van der Waals surface area contributed by atoms with Gasteiger partial charge in [0.2, 0.25) is 11.8 Å². The number of hydrogen-bond donors (Lipinski definition) is 2. The molecule has 0 saturated carbocycles. The van der Waals surface area contributed by atoms with Gasteiger partial charge in [0.15, 0.2) is 0 Å². The second kappa shape index (κ2) is 8.73. The van der Waals surface area contributed by atoms with Gasteiger partial charge >= 0.3 is 0 Å². The number of rotatable bonds is 6. The highest BCUT2D eigenvalue weighted by Crippen LogP contribution is 2.21. The fraction of sp³-hybridized carbons (Fsp3) is 0.222. The van der Waals surface area contributed by atoms with Gasteiger partial charge in [-0.25, -0.2) is 4.39 Å². The molecule has 2 aromatic rings. The number of anilines is 2. The zero-order valence-corrected chi connectivity index (χ0v) is 15.5. The van der Waals surface area contributed by atoms with Gasteiger partial charge in [-0.2, -0.15) is 0 Å². The number of nitrogens with zero attached hydrogens (tertiary/aromatic N) is 1. The van der Waals surface area contributed by atoms with Gasteiger partial charge in [-0.3, -0.25) is 14.5 Å². The van der Waals surface area contributed by atoms with E-state index in [1.54, 1.807) is 31.0 Å². The van der Waals surface area contributed by atoms with Crippen molar-refractivity contribution in [1.29, 1.82) is 0 Å². The first-order chi connectivity index (χ1) is 11.9. The van der Waals surface area contributed by atoms with E-state index in [1.807, 2.05) is 18.2 Å². The average molecular weight is 408 g/mol. The Labute approximate surface area is 154 Å². The topological polar surface area (TPSA) is 61.4 Å². The smallest absolute Gasteiger partial charge is 0.241 e. The van der Waals surface area contributed by atoms with Crippen molar-refractivity contribution >= 4 is 39.1 Å². The van der Waals surface area contributed by atoms with E-state index < -0.39 is 11.9 Å². The monoisotopic (exact) mass is 407 g/mol. The number of benzene rings is 2. The molecule has 0 aliphatic heterocycles. The predicted octanol–water partition coefficient (Wildman–Crippen LogP) is 3.49. The van der Waals surface area contributed by atoms with Gasteiger partial charge in [-0.1, -0.05) is 18.2 Å². The lowest BCUT2D eigenvalue weighted by molar-refractivity contribution is -0.122. The minimum Gasteiger partial charge on any atom is -0.325 e. The summed E-state index contributed by atoms with van der Waals surface area (Å²) in [5, 5.41) is 5.42. The number of carbonyl (C=O) groups is 2. The van der Waals surface area contributed by atoms with Crippen LogP contribution in [0.5, 0.6) is 0 Å². The minimum absolute atomic E-state index is 0.0407. The largest absolute Gasteiger partial charge is 0.325 e. The zero-order chi connectivity index (χ0) is 18.4. The molecule has 25 heavy (non-hydrogen) atoms. The molecule has 2 N–H and O–H groups in total. The average Bonchev–Trinajstić information content (AvgIpc) is 2.56. The minimum atomic E-state index is -0.562. The number of hydrogen-bond acceptors (Lipinski definition) is 3. The number of amides is 2. The molecule has 7 heteroatoms. The third-order valence-corrected chi connectivity index (χ3v) is 4.37. The maximum absolute atomic E-state index is 13.2. The molecular weight excluding hydrogens is 389 g/mol. The van der Waals surface area contributed by atoms with Crippen molar-refractivity contribution in [3.05, 3.63) is 58.8 Å². The van der Waals surface area contributed by atoms with Crippen LogP contribution in [-0.4, -0.2) is 36.3 Å². The van der Waals surface area contributed by atoms with E-state index in [2.05, 4.69) is 26.6 Å². The third-order valence-electron chi connectivity index (χ3n) is 3.67. The van der Waals surface area contributed by atoms with Crippen LogP contribution in [0.15, 0.2) is 53.0 Å². The zero-order valence-electron chi connectivity index (χ0n) is 13.9. The van der Waals surface area contributed by atoms with E-state index in [0.29, 0.717) is 11.4 Å². The Morgan fingerprint density at radius 1 is 1.16 bits per heavy atom. The lowest BCUT2D eigenvalue weighted by Gasteiger charge is -2.23. The summed E-state index contributed by atoms with van der Waals surface area (Å²) >= 11 is 3.36. The number of carbonyl (C=O) groups excluding carboxylic acids is 2. The maximum Gasteiger partial charge on any atom is 0.241 e. The van der Waals surface area contributed by atoms with Crippen LogP contribution in [0, 0.1) is 5.82 Å². The summed E-state index contributed by atoms with van der Waals surface area (Å²) in [5.74, 6) is -0.978. The number of nitrogens with one attached hydrogen (secondary N) is 2. The summed E-state index contributed by atoms with van der Waals surface area (Å²) in [5.41, 5.74) is 1.04. The van der Waals surface area contributed by atoms with Gasteiger partial charge in [0, 0.05) is 10.2 Å². The van der Waals surface area contributed by atoms with Gasteiger partial charge in [-0.05, 0) is 60.2 Å². The Kier molecular flexibility index (Phi) is 6.66. The molecule has 0 bridgehead atoms. The molecule has 0 aromatic heterocycles. The van der Waals surface area contributed by atoms with E-state index in [4.69, 9.17) is 0 Å². The summed E-state index contributed by atoms with van der Waals surface area (Å²) in [6.07, 6.45) is 0. The molecule has 1 atom stereocenters. The molecule has 0 heterocycles. The highest BCUT2D eigenvalue weighted by Gasteiger charge is 2.20. The van der Waals surface area contributed by atoms with Crippen molar-refractivity contribution < 1.29 is 14.0 Å². The molecule has 2 aromatic carbocycles. The standard InChI is InChI=1S/C18H19BrFN3O2/c1-12(18(25)21-14-7-5-6-13(20)10-14)23(2)11-17(24)22-16-9-4-3-8-15(16)19/h3-10,12H,11H2,1-2H3,(H,21,25)(H,22,24). The lowest BCUT2D eigenvalue weighted by atomic mass is 10.2. The van der Waals surface area contributed by atoms with Gasteiger partial charge in [-0.15, -0.1) is 0 Å². The van der Waals surface area contributed by atoms with Crippen LogP contribution in [0.4, 0.5) is 15.8 Å². The van der Waals surface area contributed by atoms with E-state index in [1.165, 1.54) is 18.2 Å². The van der Waals surface area contributed by atoms with Crippen molar-refractivity contribution in [1.82, 2.24) is 4.90 Å². The first-order valence-corrected chi connectivity index (χ1v) is 8.47. The molecule has 2 rings (SSSR count). The molecule has 1 unspecified atom stereocenters. The van der Waals surface area contributed by atoms with Crippen LogP contribution in [0.3, 0.4) is 0 Å². The van der Waals surface area contributed by atoms with Crippen LogP contribution >= 0.6 is 15.9 Å². The quantitative estimate of drug-likeness (QED) is 0.770. The Hall–Kier alpha value is -2.25. The van der Waals surface area contributed by atoms with Crippen LogP contribution in [-0.2, 0) is 9.59 Å². The SMILES string of the molecule is CC(C(=O)Nc1cccc(F)c1)N(C)CC(=O)Nc1ccccc1Br. The normalized spacial score (nSPS) is 11.9. The fourth-order valence-corrected chi connectivity index (χ4v) is 2.51. The van der Waals surface area contributed by atoms with E-state index >= 15 is 0 Å². The molecule has 132 valence electrons. The van der Waals surface area contributed by atoms with Gasteiger partial charge in [0.25, 0.3) is 0 Å². The molecule has 0 fully saturated rings. The second-order valence-electron chi connectivity index (χ2n) is 5.62. The molecular formula is C18H19BrFN3O2. The summed E-state index contributed by atoms with van der Waals surface area (Å²) < 4.78 is 14.0. The number of para-hydroxylation sites is 1. The molecule has 0 aliphatic carbocycles.